The van der Waals surface area contributed by atoms with Crippen LogP contribution in [0.5, 0.6) is 0 Å². The predicted molar refractivity (Wildman–Crippen MR) is 68.2 cm³/mol. The Balaban J connectivity index is 2.09. The van der Waals surface area contributed by atoms with E-state index in [1.807, 2.05) is 31.1 Å². The van der Waals surface area contributed by atoms with Gasteiger partial charge < -0.3 is 15.5 Å². The summed E-state index contributed by atoms with van der Waals surface area (Å²) in [6, 6.07) is 3.63. The van der Waals surface area contributed by atoms with Crippen molar-refractivity contribution in [2.75, 3.05) is 30.9 Å². The van der Waals surface area contributed by atoms with Gasteiger partial charge in [-0.2, -0.15) is 0 Å². The average molecular weight is 234 g/mol. The molecule has 2 N–H and O–H groups in total. The van der Waals surface area contributed by atoms with E-state index in [0.717, 1.165) is 30.9 Å². The highest BCUT2D eigenvalue weighted by molar-refractivity contribution is 5.97. The Morgan fingerprint density at radius 1 is 1.59 bits per heavy atom. The number of pyridine rings is 1. The van der Waals surface area contributed by atoms with E-state index in [9.17, 15) is 4.79 Å². The lowest BCUT2D eigenvalue weighted by Gasteiger charge is -2.17. The van der Waals surface area contributed by atoms with Gasteiger partial charge in [-0.3, -0.25) is 4.79 Å². The van der Waals surface area contributed by atoms with Crippen LogP contribution in [0.3, 0.4) is 0 Å². The van der Waals surface area contributed by atoms with E-state index in [4.69, 9.17) is 0 Å². The quantitative estimate of drug-likeness (QED) is 0.813. The minimum absolute atomic E-state index is 0.0265. The van der Waals surface area contributed by atoms with Gasteiger partial charge in [-0.15, -0.1) is 0 Å². The third kappa shape index (κ3) is 2.74. The highest BCUT2D eigenvalue weighted by Gasteiger charge is 2.22. The molecule has 1 aromatic rings. The molecule has 5 nitrogen and oxygen atoms in total. The molecule has 1 aliphatic rings. The number of carbonyl (C=O) groups excluding carboxylic acids is 1. The number of aromatic nitrogens is 1. The van der Waals surface area contributed by atoms with E-state index >= 15 is 0 Å². The summed E-state index contributed by atoms with van der Waals surface area (Å²) in [5, 5.41) is 6.11. The number of amides is 1. The van der Waals surface area contributed by atoms with Crippen molar-refractivity contribution >= 4 is 17.4 Å². The molecule has 1 fully saturated rings. The first kappa shape index (κ1) is 11.9. The van der Waals surface area contributed by atoms with Crippen molar-refractivity contribution in [3.05, 3.63) is 18.3 Å². The summed E-state index contributed by atoms with van der Waals surface area (Å²) in [5.41, 5.74) is 0.760. The van der Waals surface area contributed by atoms with Crippen molar-refractivity contribution in [3.8, 4) is 0 Å². The molecule has 1 amide bonds. The molecule has 0 spiro atoms. The van der Waals surface area contributed by atoms with Crippen molar-refractivity contribution in [3.63, 3.8) is 0 Å². The number of nitrogens with zero attached hydrogens (tertiary/aromatic N) is 2. The fraction of sp³-hybridized carbons (Fsp3) is 0.500. The molecule has 1 aliphatic heterocycles. The molecule has 5 heteroatoms. The van der Waals surface area contributed by atoms with Crippen molar-refractivity contribution in [1.82, 2.24) is 10.3 Å². The van der Waals surface area contributed by atoms with Gasteiger partial charge in [0.1, 0.15) is 0 Å². The maximum Gasteiger partial charge on any atom is 0.241 e. The van der Waals surface area contributed by atoms with Gasteiger partial charge in [-0.05, 0) is 31.5 Å². The molecule has 92 valence electrons. The summed E-state index contributed by atoms with van der Waals surface area (Å²) in [5.74, 6) is 0.803. The van der Waals surface area contributed by atoms with Crippen LogP contribution in [0, 0.1) is 0 Å². The summed E-state index contributed by atoms with van der Waals surface area (Å²) in [6.07, 6.45) is 3.69. The first-order valence-corrected chi connectivity index (χ1v) is 5.85. The van der Waals surface area contributed by atoms with Gasteiger partial charge in [0.15, 0.2) is 5.82 Å². The molecule has 1 unspecified atom stereocenters. The Labute approximate surface area is 101 Å². The Kier molecular flexibility index (Phi) is 3.58. The second kappa shape index (κ2) is 5.14. The molecule has 2 heterocycles. The van der Waals surface area contributed by atoms with Crippen molar-refractivity contribution in [1.29, 1.82) is 0 Å². The van der Waals surface area contributed by atoms with Crippen LogP contribution in [-0.4, -0.2) is 37.6 Å². The monoisotopic (exact) mass is 234 g/mol. The zero-order chi connectivity index (χ0) is 12.3. The van der Waals surface area contributed by atoms with Gasteiger partial charge in [-0.25, -0.2) is 4.98 Å². The molecular formula is C12H18N4O. The first-order chi connectivity index (χ1) is 8.18. The van der Waals surface area contributed by atoms with Crippen LogP contribution < -0.4 is 15.5 Å². The van der Waals surface area contributed by atoms with Crippen LogP contribution in [-0.2, 0) is 4.79 Å². The molecule has 0 radical (unpaired) electrons. The van der Waals surface area contributed by atoms with E-state index in [1.165, 1.54) is 0 Å². The highest BCUT2D eigenvalue weighted by Crippen LogP contribution is 2.21. The van der Waals surface area contributed by atoms with Crippen LogP contribution in [0.2, 0.25) is 0 Å². The third-order valence-corrected chi connectivity index (χ3v) is 2.84. The lowest BCUT2D eigenvalue weighted by Crippen LogP contribution is -2.35. The van der Waals surface area contributed by atoms with Gasteiger partial charge in [0.2, 0.25) is 5.91 Å². The highest BCUT2D eigenvalue weighted by atomic mass is 16.2. The summed E-state index contributed by atoms with van der Waals surface area (Å²) < 4.78 is 0. The van der Waals surface area contributed by atoms with Crippen molar-refractivity contribution in [2.45, 2.75) is 18.9 Å². The second-order valence-corrected chi connectivity index (χ2v) is 4.41. The van der Waals surface area contributed by atoms with Crippen LogP contribution >= 0.6 is 0 Å². The number of rotatable bonds is 3. The van der Waals surface area contributed by atoms with Gasteiger partial charge in [-0.1, -0.05) is 0 Å². The van der Waals surface area contributed by atoms with E-state index in [0.29, 0.717) is 0 Å². The number of hydrogen-bond acceptors (Lipinski definition) is 4. The first-order valence-electron chi connectivity index (χ1n) is 5.85. The smallest absolute Gasteiger partial charge is 0.241 e. The van der Waals surface area contributed by atoms with Gasteiger partial charge >= 0.3 is 0 Å². The maximum absolute atomic E-state index is 12.0. The number of carbonyl (C=O) groups is 1. The normalized spacial score (nSPS) is 19.1. The van der Waals surface area contributed by atoms with Crippen LogP contribution in [0.4, 0.5) is 11.5 Å². The number of anilines is 2. The summed E-state index contributed by atoms with van der Waals surface area (Å²) in [6.45, 7) is 0.922. The molecule has 0 aromatic carbocycles. The lowest BCUT2D eigenvalue weighted by molar-refractivity contribution is -0.117. The Morgan fingerprint density at radius 2 is 2.41 bits per heavy atom. The summed E-state index contributed by atoms with van der Waals surface area (Å²) in [4.78, 5) is 18.1. The van der Waals surface area contributed by atoms with E-state index < -0.39 is 0 Å². The molecular weight excluding hydrogens is 216 g/mol. The fourth-order valence-corrected chi connectivity index (χ4v) is 1.98. The maximum atomic E-state index is 12.0. The minimum Gasteiger partial charge on any atom is -0.361 e. The second-order valence-electron chi connectivity index (χ2n) is 4.41. The molecule has 1 saturated heterocycles. The largest absolute Gasteiger partial charge is 0.361 e. The Hall–Kier alpha value is -1.62. The molecule has 0 bridgehead atoms. The SMILES string of the molecule is CN(C)c1ncccc1NC(=O)C1CCCN1. The molecule has 2 rings (SSSR count). The number of nitrogens with one attached hydrogen (secondary N) is 2. The zero-order valence-corrected chi connectivity index (χ0v) is 10.2. The van der Waals surface area contributed by atoms with Gasteiger partial charge in [0, 0.05) is 20.3 Å². The van der Waals surface area contributed by atoms with Crippen molar-refractivity contribution < 1.29 is 4.79 Å². The van der Waals surface area contributed by atoms with E-state index in [2.05, 4.69) is 15.6 Å². The summed E-state index contributed by atoms with van der Waals surface area (Å²) in [7, 11) is 3.82. The molecule has 1 aromatic heterocycles. The number of hydrogen-bond donors (Lipinski definition) is 2. The standard InChI is InChI=1S/C12H18N4O/c1-16(2)11-9(5-3-8-14-11)15-12(17)10-6-4-7-13-10/h3,5,8,10,13H,4,6-7H2,1-2H3,(H,15,17). The zero-order valence-electron chi connectivity index (χ0n) is 10.2. The van der Waals surface area contributed by atoms with Gasteiger partial charge in [0.25, 0.3) is 0 Å². The van der Waals surface area contributed by atoms with Crippen LogP contribution in [0.1, 0.15) is 12.8 Å². The predicted octanol–water partition coefficient (Wildman–Crippen LogP) is 0.838. The molecule has 0 saturated carbocycles. The van der Waals surface area contributed by atoms with E-state index in [-0.39, 0.29) is 11.9 Å². The molecule has 0 aliphatic carbocycles. The van der Waals surface area contributed by atoms with Crippen molar-refractivity contribution in [2.24, 2.45) is 0 Å². The van der Waals surface area contributed by atoms with Crippen LogP contribution in [0.15, 0.2) is 18.3 Å². The van der Waals surface area contributed by atoms with Crippen LogP contribution in [0.25, 0.3) is 0 Å². The Bertz CT molecular complexity index is 399. The van der Waals surface area contributed by atoms with E-state index in [1.54, 1.807) is 6.20 Å². The fourth-order valence-electron chi connectivity index (χ4n) is 1.98. The summed E-state index contributed by atoms with van der Waals surface area (Å²) >= 11 is 0. The third-order valence-electron chi connectivity index (χ3n) is 2.84. The topological polar surface area (TPSA) is 57.3 Å². The minimum atomic E-state index is -0.0646. The van der Waals surface area contributed by atoms with Gasteiger partial charge in [0.05, 0.1) is 11.7 Å². The Morgan fingerprint density at radius 3 is 3.06 bits per heavy atom. The lowest BCUT2D eigenvalue weighted by atomic mass is 10.2. The molecule has 1 atom stereocenters. The molecule has 17 heavy (non-hydrogen) atoms. The average Bonchev–Trinajstić information content (AvgIpc) is 2.83.